The van der Waals surface area contributed by atoms with Crippen molar-refractivity contribution >= 4 is 11.1 Å². The van der Waals surface area contributed by atoms with Gasteiger partial charge >= 0.3 is 0 Å². The molecule has 23 heavy (non-hydrogen) atoms. The second-order valence-corrected chi connectivity index (χ2v) is 6.34. The Bertz CT molecular complexity index is 875. The molecular formula is C16H16N4O3. The van der Waals surface area contributed by atoms with Crippen molar-refractivity contribution in [2.75, 3.05) is 13.2 Å². The third-order valence-electron chi connectivity index (χ3n) is 4.60. The lowest BCUT2D eigenvalue weighted by atomic mass is 10.1. The highest BCUT2D eigenvalue weighted by Gasteiger charge is 2.29. The molecule has 7 heteroatoms. The lowest BCUT2D eigenvalue weighted by molar-refractivity contribution is 0.192. The average Bonchev–Trinajstić information content (AvgIpc) is 2.98. The van der Waals surface area contributed by atoms with Crippen LogP contribution in [-0.2, 0) is 4.74 Å². The summed E-state index contributed by atoms with van der Waals surface area (Å²) in [4.78, 5) is 9.19. The van der Waals surface area contributed by atoms with Gasteiger partial charge in [0.05, 0.1) is 23.3 Å². The summed E-state index contributed by atoms with van der Waals surface area (Å²) in [6, 6.07) is 2.05. The molecule has 2 aliphatic rings. The van der Waals surface area contributed by atoms with Crippen LogP contribution in [0.4, 0.5) is 0 Å². The molecule has 0 radical (unpaired) electrons. The van der Waals surface area contributed by atoms with Gasteiger partial charge in [0.15, 0.2) is 5.82 Å². The van der Waals surface area contributed by atoms with Crippen LogP contribution in [0.25, 0.3) is 22.6 Å². The Morgan fingerprint density at radius 1 is 1.04 bits per heavy atom. The largest absolute Gasteiger partial charge is 0.381 e. The Morgan fingerprint density at radius 3 is 2.74 bits per heavy atom. The van der Waals surface area contributed by atoms with Crippen molar-refractivity contribution < 1.29 is 13.8 Å². The van der Waals surface area contributed by atoms with E-state index < -0.39 is 0 Å². The van der Waals surface area contributed by atoms with E-state index in [0.29, 0.717) is 30.0 Å². The third-order valence-corrected chi connectivity index (χ3v) is 4.60. The molecule has 5 rings (SSSR count). The molecule has 0 unspecified atom stereocenters. The van der Waals surface area contributed by atoms with E-state index in [1.807, 2.05) is 13.0 Å². The Morgan fingerprint density at radius 2 is 1.96 bits per heavy atom. The van der Waals surface area contributed by atoms with Gasteiger partial charge in [-0.05, 0) is 32.3 Å². The van der Waals surface area contributed by atoms with Gasteiger partial charge in [-0.15, -0.1) is 0 Å². The molecule has 118 valence electrons. The maximum Gasteiger partial charge on any atom is 0.259 e. The molecule has 2 fully saturated rings. The summed E-state index contributed by atoms with van der Waals surface area (Å²) in [5.41, 5.74) is 3.22. The van der Waals surface area contributed by atoms with Crippen molar-refractivity contribution in [3.8, 4) is 11.5 Å². The van der Waals surface area contributed by atoms with Crippen LogP contribution in [-0.4, -0.2) is 33.5 Å². The fraction of sp³-hybridized carbons (Fsp3) is 0.500. The number of hydrogen-bond acceptors (Lipinski definition) is 7. The van der Waals surface area contributed by atoms with Gasteiger partial charge in [0.2, 0.25) is 0 Å². The fourth-order valence-electron chi connectivity index (χ4n) is 3.12. The first-order valence-electron chi connectivity index (χ1n) is 7.98. The summed E-state index contributed by atoms with van der Waals surface area (Å²) in [6.45, 7) is 3.31. The van der Waals surface area contributed by atoms with Crippen molar-refractivity contribution in [3.05, 3.63) is 23.3 Å². The Labute approximate surface area is 132 Å². The molecule has 0 bridgehead atoms. The van der Waals surface area contributed by atoms with Gasteiger partial charge in [0, 0.05) is 24.1 Å². The van der Waals surface area contributed by atoms with Gasteiger partial charge in [-0.25, -0.2) is 4.98 Å². The van der Waals surface area contributed by atoms with Gasteiger partial charge in [0.1, 0.15) is 0 Å². The van der Waals surface area contributed by atoms with Crippen LogP contribution < -0.4 is 0 Å². The van der Waals surface area contributed by atoms with E-state index in [1.54, 1.807) is 0 Å². The second kappa shape index (κ2) is 4.86. The first-order valence-corrected chi connectivity index (χ1v) is 7.98. The zero-order valence-corrected chi connectivity index (χ0v) is 12.8. The second-order valence-electron chi connectivity index (χ2n) is 6.34. The van der Waals surface area contributed by atoms with Crippen LogP contribution in [0.1, 0.15) is 48.3 Å². The number of hydrogen-bond donors (Lipinski definition) is 0. The molecule has 0 aromatic carbocycles. The van der Waals surface area contributed by atoms with E-state index >= 15 is 0 Å². The summed E-state index contributed by atoms with van der Waals surface area (Å²) < 4.78 is 16.3. The standard InChI is InChI=1S/C16H16N4O3/c1-8-13-11(6-12(9-2-3-9)17-16(13)23-19-8)15-18-14(20-22-15)10-4-5-21-7-10/h6,9-10H,2-5,7H2,1H3/t10-/m0/s1. The predicted octanol–water partition coefficient (Wildman–Crippen LogP) is 2.96. The van der Waals surface area contributed by atoms with Crippen molar-refractivity contribution in [2.24, 2.45) is 0 Å². The van der Waals surface area contributed by atoms with Gasteiger partial charge in [0.25, 0.3) is 11.6 Å². The first-order chi connectivity index (χ1) is 11.3. The quantitative estimate of drug-likeness (QED) is 0.734. The maximum absolute atomic E-state index is 5.54. The molecule has 3 aromatic rings. The smallest absolute Gasteiger partial charge is 0.259 e. The number of nitrogens with zero attached hydrogens (tertiary/aromatic N) is 4. The van der Waals surface area contributed by atoms with Gasteiger partial charge in [-0.3, -0.25) is 0 Å². The molecular weight excluding hydrogens is 296 g/mol. The normalized spacial score (nSPS) is 21.3. The number of aromatic nitrogens is 4. The molecule has 0 amide bonds. The molecule has 1 aliphatic heterocycles. The van der Waals surface area contributed by atoms with Crippen LogP contribution in [0.2, 0.25) is 0 Å². The summed E-state index contributed by atoms with van der Waals surface area (Å²) >= 11 is 0. The Hall–Kier alpha value is -2.28. The number of fused-ring (bicyclic) bond motifs is 1. The summed E-state index contributed by atoms with van der Waals surface area (Å²) in [7, 11) is 0. The van der Waals surface area contributed by atoms with E-state index in [9.17, 15) is 0 Å². The Kier molecular flexibility index (Phi) is 2.78. The van der Waals surface area contributed by atoms with Crippen molar-refractivity contribution in [1.82, 2.24) is 20.3 Å². The predicted molar refractivity (Wildman–Crippen MR) is 80.0 cm³/mol. The molecule has 1 saturated carbocycles. The van der Waals surface area contributed by atoms with E-state index in [4.69, 9.17) is 13.8 Å². The molecule has 3 aromatic heterocycles. The first kappa shape index (κ1) is 13.2. The van der Waals surface area contributed by atoms with Crippen LogP contribution in [0, 0.1) is 6.92 Å². The highest BCUT2D eigenvalue weighted by molar-refractivity contribution is 5.91. The summed E-state index contributed by atoms with van der Waals surface area (Å²) in [6.07, 6.45) is 3.27. The van der Waals surface area contributed by atoms with Gasteiger partial charge in [-0.2, -0.15) is 4.98 Å². The zero-order chi connectivity index (χ0) is 15.4. The van der Waals surface area contributed by atoms with E-state index in [0.717, 1.165) is 35.4 Å². The van der Waals surface area contributed by atoms with E-state index in [1.165, 1.54) is 12.8 Å². The van der Waals surface area contributed by atoms with E-state index in [2.05, 4.69) is 20.3 Å². The molecule has 4 heterocycles. The molecule has 0 spiro atoms. The maximum atomic E-state index is 5.54. The van der Waals surface area contributed by atoms with Crippen molar-refractivity contribution in [3.63, 3.8) is 0 Å². The molecule has 1 atom stereocenters. The molecule has 7 nitrogen and oxygen atoms in total. The molecule has 1 aliphatic carbocycles. The zero-order valence-electron chi connectivity index (χ0n) is 12.8. The lowest BCUT2D eigenvalue weighted by Crippen LogP contribution is -1.99. The number of rotatable bonds is 3. The minimum Gasteiger partial charge on any atom is -0.381 e. The minimum atomic E-state index is 0.219. The van der Waals surface area contributed by atoms with Crippen LogP contribution >= 0.6 is 0 Å². The number of ether oxygens (including phenoxy) is 1. The van der Waals surface area contributed by atoms with Gasteiger partial charge < -0.3 is 13.8 Å². The topological polar surface area (TPSA) is 87.1 Å². The third kappa shape index (κ3) is 2.15. The number of aryl methyl sites for hydroxylation is 1. The highest BCUT2D eigenvalue weighted by Crippen LogP contribution is 2.42. The van der Waals surface area contributed by atoms with Crippen LogP contribution in [0.15, 0.2) is 15.1 Å². The van der Waals surface area contributed by atoms with Gasteiger partial charge in [-0.1, -0.05) is 10.3 Å². The van der Waals surface area contributed by atoms with Crippen LogP contribution in [0.5, 0.6) is 0 Å². The van der Waals surface area contributed by atoms with Crippen molar-refractivity contribution in [1.29, 1.82) is 0 Å². The van der Waals surface area contributed by atoms with Crippen LogP contribution in [0.3, 0.4) is 0 Å². The Balaban J connectivity index is 1.64. The number of pyridine rings is 1. The SMILES string of the molecule is Cc1noc2nc(C3CC3)cc(-c3nc([C@H]4CCOC4)no3)c12. The highest BCUT2D eigenvalue weighted by atomic mass is 16.5. The van der Waals surface area contributed by atoms with Crippen molar-refractivity contribution in [2.45, 2.75) is 38.0 Å². The van der Waals surface area contributed by atoms with E-state index in [-0.39, 0.29) is 5.92 Å². The fourth-order valence-corrected chi connectivity index (χ4v) is 3.12. The summed E-state index contributed by atoms with van der Waals surface area (Å²) in [5, 5.41) is 9.04. The molecule has 1 saturated heterocycles. The average molecular weight is 312 g/mol. The summed E-state index contributed by atoms with van der Waals surface area (Å²) in [5.74, 6) is 1.95. The molecule has 0 N–H and O–H groups in total. The minimum absolute atomic E-state index is 0.219. The monoisotopic (exact) mass is 312 g/mol. The lowest BCUT2D eigenvalue weighted by Gasteiger charge is -2.02.